The van der Waals surface area contributed by atoms with E-state index in [0.717, 1.165) is 25.9 Å². The van der Waals surface area contributed by atoms with Crippen molar-refractivity contribution >= 4 is 45.8 Å². The quantitative estimate of drug-likeness (QED) is 0.555. The van der Waals surface area contributed by atoms with Crippen LogP contribution in [0, 0.1) is 3.57 Å². The summed E-state index contributed by atoms with van der Waals surface area (Å²) >= 11 is 8.96. The van der Waals surface area contributed by atoms with Gasteiger partial charge in [-0.1, -0.05) is 30.3 Å². The first-order valence-corrected chi connectivity index (χ1v) is 8.27. The smallest absolute Gasteiger partial charge is 0.234 e. The summed E-state index contributed by atoms with van der Waals surface area (Å²) < 4.78 is 1.14. The molecule has 1 aliphatic rings. The van der Waals surface area contributed by atoms with Crippen LogP contribution in [0.1, 0.15) is 35.9 Å². The van der Waals surface area contributed by atoms with E-state index < -0.39 is 5.41 Å². The number of hydrogen-bond acceptors (Lipinski definition) is 1. The number of carbonyl (C=O) groups excluding carboxylic acids is 1. The first-order chi connectivity index (χ1) is 9.91. The number of rotatable bonds is 2. The Morgan fingerprint density at radius 1 is 1.19 bits per heavy atom. The molecule has 1 N–H and O–H groups in total. The molecule has 0 aromatic heterocycles. The number of alkyl halides is 1. The van der Waals surface area contributed by atoms with Crippen LogP contribution in [-0.4, -0.2) is 5.91 Å². The standard InChI is InChI=1S/C17H15ClINO/c1-17(2)12-9-10(7-8-14(12)20-16(17)21)15(18)11-5-3-4-6-13(11)19/h3-9,15H,1-2H3,(H,20,21). The van der Waals surface area contributed by atoms with E-state index in [9.17, 15) is 4.79 Å². The minimum absolute atomic E-state index is 0.0371. The van der Waals surface area contributed by atoms with Gasteiger partial charge in [-0.3, -0.25) is 4.79 Å². The Labute approximate surface area is 143 Å². The van der Waals surface area contributed by atoms with E-state index in [2.05, 4.69) is 27.9 Å². The molecule has 0 saturated carbocycles. The van der Waals surface area contributed by atoms with E-state index >= 15 is 0 Å². The summed E-state index contributed by atoms with van der Waals surface area (Å²) in [6.45, 7) is 3.88. The van der Waals surface area contributed by atoms with Crippen LogP contribution in [0.5, 0.6) is 0 Å². The molecule has 108 valence electrons. The monoisotopic (exact) mass is 411 g/mol. The third kappa shape index (κ3) is 2.46. The molecule has 0 fully saturated rings. The van der Waals surface area contributed by atoms with E-state index in [1.807, 2.05) is 56.3 Å². The maximum Gasteiger partial charge on any atom is 0.234 e. The van der Waals surface area contributed by atoms with Crippen molar-refractivity contribution in [3.63, 3.8) is 0 Å². The van der Waals surface area contributed by atoms with Gasteiger partial charge in [0.2, 0.25) is 5.91 Å². The summed E-state index contributed by atoms with van der Waals surface area (Å²) in [5.41, 5.74) is 3.51. The number of carbonyl (C=O) groups is 1. The molecule has 21 heavy (non-hydrogen) atoms. The average Bonchev–Trinajstić information content (AvgIpc) is 2.69. The summed E-state index contributed by atoms with van der Waals surface area (Å²) in [7, 11) is 0. The highest BCUT2D eigenvalue weighted by molar-refractivity contribution is 14.1. The van der Waals surface area contributed by atoms with Crippen LogP contribution in [0.2, 0.25) is 0 Å². The molecule has 0 bridgehead atoms. The third-order valence-electron chi connectivity index (χ3n) is 4.00. The van der Waals surface area contributed by atoms with Gasteiger partial charge in [0.05, 0.1) is 10.8 Å². The molecule has 1 aliphatic heterocycles. The molecular formula is C17H15ClINO. The van der Waals surface area contributed by atoms with Crippen molar-refractivity contribution in [1.82, 2.24) is 0 Å². The van der Waals surface area contributed by atoms with E-state index in [1.165, 1.54) is 0 Å². The Morgan fingerprint density at radius 2 is 1.90 bits per heavy atom. The van der Waals surface area contributed by atoms with Crippen molar-refractivity contribution in [3.8, 4) is 0 Å². The Balaban J connectivity index is 2.05. The Hall–Kier alpha value is -1.07. The molecule has 2 nitrogen and oxygen atoms in total. The van der Waals surface area contributed by atoms with Crippen molar-refractivity contribution in [2.75, 3.05) is 5.32 Å². The lowest BCUT2D eigenvalue weighted by atomic mass is 9.85. The molecule has 0 aliphatic carbocycles. The van der Waals surface area contributed by atoms with Gasteiger partial charge in [0.15, 0.2) is 0 Å². The molecule has 1 heterocycles. The molecule has 1 amide bonds. The zero-order valence-corrected chi connectivity index (χ0v) is 14.7. The zero-order valence-electron chi connectivity index (χ0n) is 11.8. The lowest BCUT2D eigenvalue weighted by Gasteiger charge is -2.18. The number of amides is 1. The van der Waals surface area contributed by atoms with Crippen molar-refractivity contribution in [2.45, 2.75) is 24.6 Å². The lowest BCUT2D eigenvalue weighted by molar-refractivity contribution is -0.119. The Morgan fingerprint density at radius 3 is 2.62 bits per heavy atom. The van der Waals surface area contributed by atoms with Gasteiger partial charge in [-0.25, -0.2) is 0 Å². The normalized spacial score (nSPS) is 17.2. The first-order valence-electron chi connectivity index (χ1n) is 6.75. The van der Waals surface area contributed by atoms with Crippen molar-refractivity contribution in [2.24, 2.45) is 0 Å². The van der Waals surface area contributed by atoms with Gasteiger partial charge in [0.1, 0.15) is 0 Å². The zero-order chi connectivity index (χ0) is 15.2. The summed E-state index contributed by atoms with van der Waals surface area (Å²) in [6, 6.07) is 14.1. The van der Waals surface area contributed by atoms with Crippen molar-refractivity contribution in [1.29, 1.82) is 0 Å². The molecule has 3 rings (SSSR count). The van der Waals surface area contributed by atoms with Gasteiger partial charge >= 0.3 is 0 Å². The largest absolute Gasteiger partial charge is 0.325 e. The highest BCUT2D eigenvalue weighted by atomic mass is 127. The fourth-order valence-corrected chi connectivity index (χ4v) is 3.82. The molecular weight excluding hydrogens is 397 g/mol. The van der Waals surface area contributed by atoms with Crippen LogP contribution in [-0.2, 0) is 10.2 Å². The summed E-state index contributed by atoms with van der Waals surface area (Å²) in [5, 5.41) is 2.71. The highest BCUT2D eigenvalue weighted by Crippen LogP contribution is 2.41. The molecule has 4 heteroatoms. The van der Waals surface area contributed by atoms with Gasteiger partial charge < -0.3 is 5.32 Å². The Kier molecular flexibility index (Phi) is 3.74. The van der Waals surface area contributed by atoms with Crippen LogP contribution in [0.25, 0.3) is 0 Å². The topological polar surface area (TPSA) is 29.1 Å². The highest BCUT2D eigenvalue weighted by Gasteiger charge is 2.38. The van der Waals surface area contributed by atoms with E-state index in [4.69, 9.17) is 11.6 Å². The average molecular weight is 412 g/mol. The van der Waals surface area contributed by atoms with E-state index in [0.29, 0.717) is 0 Å². The second-order valence-corrected chi connectivity index (χ2v) is 7.37. The van der Waals surface area contributed by atoms with E-state index in [1.54, 1.807) is 0 Å². The third-order valence-corrected chi connectivity index (χ3v) is 5.47. The molecule has 0 radical (unpaired) electrons. The van der Waals surface area contributed by atoms with Crippen LogP contribution in [0.3, 0.4) is 0 Å². The number of hydrogen-bond donors (Lipinski definition) is 1. The minimum Gasteiger partial charge on any atom is -0.325 e. The van der Waals surface area contributed by atoms with Crippen LogP contribution < -0.4 is 5.32 Å². The second kappa shape index (κ2) is 5.29. The maximum absolute atomic E-state index is 12.0. The van der Waals surface area contributed by atoms with E-state index in [-0.39, 0.29) is 11.3 Å². The summed E-state index contributed by atoms with van der Waals surface area (Å²) in [5.74, 6) is 0.0371. The summed E-state index contributed by atoms with van der Waals surface area (Å²) in [4.78, 5) is 12.0. The number of anilines is 1. The first kappa shape index (κ1) is 14.9. The minimum atomic E-state index is -0.508. The fourth-order valence-electron chi connectivity index (χ4n) is 2.61. The van der Waals surface area contributed by atoms with Gasteiger partial charge in [0.25, 0.3) is 0 Å². The number of halogens is 2. The van der Waals surface area contributed by atoms with Crippen LogP contribution in [0.15, 0.2) is 42.5 Å². The number of nitrogens with one attached hydrogen (secondary N) is 1. The molecule has 2 aromatic carbocycles. The second-order valence-electron chi connectivity index (χ2n) is 5.77. The SMILES string of the molecule is CC1(C)C(=O)Nc2ccc(C(Cl)c3ccccc3I)cc21. The van der Waals surface area contributed by atoms with Crippen molar-refractivity contribution < 1.29 is 4.79 Å². The predicted octanol–water partition coefficient (Wildman–Crippen LogP) is 4.85. The van der Waals surface area contributed by atoms with Gasteiger partial charge in [-0.15, -0.1) is 11.6 Å². The van der Waals surface area contributed by atoms with Gasteiger partial charge in [-0.2, -0.15) is 0 Å². The summed E-state index contributed by atoms with van der Waals surface area (Å²) in [6.07, 6.45) is 0. The molecule has 2 aromatic rings. The van der Waals surface area contributed by atoms with Crippen LogP contribution in [0.4, 0.5) is 5.69 Å². The number of benzene rings is 2. The van der Waals surface area contributed by atoms with Gasteiger partial charge in [-0.05, 0) is 65.3 Å². The van der Waals surface area contributed by atoms with Crippen LogP contribution >= 0.6 is 34.2 Å². The van der Waals surface area contributed by atoms with Gasteiger partial charge in [0, 0.05) is 9.26 Å². The lowest BCUT2D eigenvalue weighted by Crippen LogP contribution is -2.26. The molecule has 1 unspecified atom stereocenters. The molecule has 0 saturated heterocycles. The molecule has 1 atom stereocenters. The molecule has 0 spiro atoms. The van der Waals surface area contributed by atoms with Crippen molar-refractivity contribution in [3.05, 3.63) is 62.7 Å². The number of fused-ring (bicyclic) bond motifs is 1. The fraction of sp³-hybridized carbons (Fsp3) is 0.235. The predicted molar refractivity (Wildman–Crippen MR) is 95.0 cm³/mol. The Bertz CT molecular complexity index is 726. The maximum atomic E-state index is 12.0.